The molecule has 0 saturated heterocycles. The van der Waals surface area contributed by atoms with Crippen molar-refractivity contribution in [3.05, 3.63) is 54.1 Å². The van der Waals surface area contributed by atoms with Crippen LogP contribution in [0.25, 0.3) is 0 Å². The molecule has 1 heterocycles. The molecular weight excluding hydrogens is 402 g/mol. The number of nitrogens with one attached hydrogen (secondary N) is 1. The number of anilines is 2. The van der Waals surface area contributed by atoms with Gasteiger partial charge in [0.15, 0.2) is 0 Å². The van der Waals surface area contributed by atoms with Crippen molar-refractivity contribution in [1.82, 2.24) is 5.32 Å². The molecule has 0 bridgehead atoms. The summed E-state index contributed by atoms with van der Waals surface area (Å²) in [5, 5.41) is 2.80. The van der Waals surface area contributed by atoms with Crippen LogP contribution < -0.4 is 14.5 Å². The highest BCUT2D eigenvalue weighted by Crippen LogP contribution is 2.37. The van der Waals surface area contributed by atoms with Gasteiger partial charge in [-0.3, -0.25) is 9.69 Å². The van der Waals surface area contributed by atoms with Crippen LogP contribution in [0.3, 0.4) is 0 Å². The van der Waals surface area contributed by atoms with Gasteiger partial charge in [-0.15, -0.1) is 0 Å². The van der Waals surface area contributed by atoms with E-state index in [9.17, 15) is 18.0 Å². The van der Waals surface area contributed by atoms with Gasteiger partial charge in [0.25, 0.3) is 10.0 Å². The number of benzene rings is 2. The first-order chi connectivity index (χ1) is 14.3. The summed E-state index contributed by atoms with van der Waals surface area (Å²) in [6.07, 6.45) is 1.62. The summed E-state index contributed by atoms with van der Waals surface area (Å²) in [5.41, 5.74) is 1.49. The zero-order valence-electron chi connectivity index (χ0n) is 17.5. The van der Waals surface area contributed by atoms with E-state index < -0.39 is 16.1 Å². The predicted octanol–water partition coefficient (Wildman–Crippen LogP) is 3.55. The second-order valence-electron chi connectivity index (χ2n) is 7.66. The monoisotopic (exact) mass is 429 g/mol. The van der Waals surface area contributed by atoms with Crippen LogP contribution in [0, 0.1) is 5.92 Å². The zero-order valence-corrected chi connectivity index (χ0v) is 18.3. The zero-order chi connectivity index (χ0) is 21.9. The third-order valence-corrected chi connectivity index (χ3v) is 6.75. The van der Waals surface area contributed by atoms with Crippen molar-refractivity contribution in [1.29, 1.82) is 0 Å². The number of para-hydroxylation sites is 1. The van der Waals surface area contributed by atoms with Gasteiger partial charge in [0.05, 0.1) is 11.4 Å². The van der Waals surface area contributed by atoms with Crippen LogP contribution >= 0.6 is 0 Å². The molecule has 3 amide bonds. The minimum atomic E-state index is -4.09. The molecule has 2 aromatic rings. The Bertz CT molecular complexity index is 1030. The molecule has 0 aromatic heterocycles. The summed E-state index contributed by atoms with van der Waals surface area (Å²) in [6, 6.07) is 12.3. The first kappa shape index (κ1) is 21.8. The van der Waals surface area contributed by atoms with Crippen molar-refractivity contribution in [3.8, 4) is 0 Å². The maximum Gasteiger partial charge on any atom is 0.343 e. The lowest BCUT2D eigenvalue weighted by Crippen LogP contribution is -2.53. The minimum absolute atomic E-state index is 0.000788. The molecule has 30 heavy (non-hydrogen) atoms. The van der Waals surface area contributed by atoms with Gasteiger partial charge >= 0.3 is 6.03 Å². The number of hydrogen-bond acceptors (Lipinski definition) is 4. The molecule has 1 aliphatic rings. The van der Waals surface area contributed by atoms with Gasteiger partial charge in [-0.05, 0) is 48.6 Å². The van der Waals surface area contributed by atoms with Gasteiger partial charge in [-0.1, -0.05) is 45.0 Å². The topological polar surface area (TPSA) is 86.8 Å². The number of urea groups is 1. The Morgan fingerprint density at radius 3 is 2.37 bits per heavy atom. The number of aryl methyl sites for hydroxylation is 1. The number of rotatable bonds is 7. The normalized spacial score (nSPS) is 15.3. The Hall–Kier alpha value is -2.87. The summed E-state index contributed by atoms with van der Waals surface area (Å²) in [4.78, 5) is 26.9. The molecular formula is C22H27N3O4S. The average Bonchev–Trinajstić information content (AvgIpc) is 2.71. The van der Waals surface area contributed by atoms with Crippen LogP contribution in [0.4, 0.5) is 16.2 Å². The van der Waals surface area contributed by atoms with Gasteiger partial charge in [0, 0.05) is 6.54 Å². The predicted molar refractivity (Wildman–Crippen MR) is 117 cm³/mol. The SMILES string of the molecule is CCc1ccc(N2C(=O)N(CC(=O)NCCC(C)C)c3ccccc3S2(=O)=O)cc1. The van der Waals surface area contributed by atoms with Crippen molar-refractivity contribution in [2.75, 3.05) is 22.3 Å². The number of nitrogens with zero attached hydrogens (tertiary/aromatic N) is 2. The quantitative estimate of drug-likeness (QED) is 0.729. The summed E-state index contributed by atoms with van der Waals surface area (Å²) >= 11 is 0. The van der Waals surface area contributed by atoms with Crippen molar-refractivity contribution in [2.24, 2.45) is 5.92 Å². The van der Waals surface area contributed by atoms with Gasteiger partial charge in [-0.25, -0.2) is 13.2 Å². The molecule has 0 saturated carbocycles. The fourth-order valence-corrected chi connectivity index (χ4v) is 4.87. The number of carbonyl (C=O) groups is 2. The lowest BCUT2D eigenvalue weighted by molar-refractivity contribution is -0.119. The molecule has 0 fully saturated rings. The molecule has 160 valence electrons. The van der Waals surface area contributed by atoms with Crippen molar-refractivity contribution in [3.63, 3.8) is 0 Å². The highest BCUT2D eigenvalue weighted by molar-refractivity contribution is 7.94. The Balaban J connectivity index is 1.96. The molecule has 0 spiro atoms. The lowest BCUT2D eigenvalue weighted by Gasteiger charge is -2.35. The third-order valence-electron chi connectivity index (χ3n) is 5.00. The molecule has 2 aromatic carbocycles. The smallest absolute Gasteiger partial charge is 0.343 e. The first-order valence-corrected chi connectivity index (χ1v) is 11.5. The number of hydrogen-bond donors (Lipinski definition) is 1. The second-order valence-corrected chi connectivity index (χ2v) is 9.41. The molecule has 8 heteroatoms. The van der Waals surface area contributed by atoms with Crippen LogP contribution in [0.1, 0.15) is 32.8 Å². The molecule has 7 nitrogen and oxygen atoms in total. The van der Waals surface area contributed by atoms with E-state index in [1.54, 1.807) is 42.5 Å². The van der Waals surface area contributed by atoms with Crippen molar-refractivity contribution < 1.29 is 18.0 Å². The largest absolute Gasteiger partial charge is 0.355 e. The van der Waals surface area contributed by atoms with Crippen LogP contribution in [0.15, 0.2) is 53.4 Å². The third kappa shape index (κ3) is 4.33. The Morgan fingerprint density at radius 1 is 1.07 bits per heavy atom. The van der Waals surface area contributed by atoms with Crippen LogP contribution in [-0.2, 0) is 21.2 Å². The van der Waals surface area contributed by atoms with Crippen molar-refractivity contribution in [2.45, 2.75) is 38.5 Å². The molecule has 1 aliphatic heterocycles. The van der Waals surface area contributed by atoms with Gasteiger partial charge < -0.3 is 5.32 Å². The number of fused-ring (bicyclic) bond motifs is 1. The summed E-state index contributed by atoms with van der Waals surface area (Å²) in [7, 11) is -4.09. The second kappa shape index (κ2) is 8.87. The van der Waals surface area contributed by atoms with Crippen LogP contribution in [-0.4, -0.2) is 33.4 Å². The fourth-order valence-electron chi connectivity index (χ4n) is 3.28. The lowest BCUT2D eigenvalue weighted by atomic mass is 10.1. The maximum absolute atomic E-state index is 13.3. The highest BCUT2D eigenvalue weighted by Gasteiger charge is 2.42. The Morgan fingerprint density at radius 2 is 1.73 bits per heavy atom. The number of amides is 3. The van der Waals surface area contributed by atoms with Gasteiger partial charge in [0.2, 0.25) is 5.91 Å². The van der Waals surface area contributed by atoms with Gasteiger partial charge in [0.1, 0.15) is 11.4 Å². The van der Waals surface area contributed by atoms with E-state index in [0.717, 1.165) is 22.7 Å². The summed E-state index contributed by atoms with van der Waals surface area (Å²) < 4.78 is 27.2. The average molecular weight is 430 g/mol. The van der Waals surface area contributed by atoms with E-state index in [0.29, 0.717) is 12.5 Å². The summed E-state index contributed by atoms with van der Waals surface area (Å²) in [5.74, 6) is 0.105. The molecule has 0 radical (unpaired) electrons. The molecule has 0 aliphatic carbocycles. The molecule has 0 atom stereocenters. The first-order valence-electron chi connectivity index (χ1n) is 10.1. The number of carbonyl (C=O) groups excluding carboxylic acids is 2. The van der Waals surface area contributed by atoms with E-state index in [4.69, 9.17) is 0 Å². The fraction of sp³-hybridized carbons (Fsp3) is 0.364. The van der Waals surface area contributed by atoms with E-state index >= 15 is 0 Å². The highest BCUT2D eigenvalue weighted by atomic mass is 32.2. The van der Waals surface area contributed by atoms with E-state index in [1.807, 2.05) is 6.92 Å². The van der Waals surface area contributed by atoms with Gasteiger partial charge in [-0.2, -0.15) is 4.31 Å². The van der Waals surface area contributed by atoms with E-state index in [1.165, 1.54) is 11.0 Å². The van der Waals surface area contributed by atoms with E-state index in [-0.39, 0.29) is 28.7 Å². The van der Waals surface area contributed by atoms with Crippen molar-refractivity contribution >= 4 is 33.3 Å². The summed E-state index contributed by atoms with van der Waals surface area (Å²) in [6.45, 7) is 6.35. The van der Waals surface area contributed by atoms with Crippen LogP contribution in [0.5, 0.6) is 0 Å². The molecule has 3 rings (SSSR count). The standard InChI is InChI=1S/C22H27N3O4S/c1-4-17-9-11-18(12-10-17)25-22(27)24(15-21(26)23-14-13-16(2)3)19-7-5-6-8-20(19)30(25,28)29/h5-12,16H,4,13-15H2,1-3H3,(H,23,26). The van der Waals surface area contributed by atoms with Crippen LogP contribution in [0.2, 0.25) is 0 Å². The maximum atomic E-state index is 13.3. The molecule has 1 N–H and O–H groups in total. The Kier molecular flexibility index (Phi) is 6.45. The molecule has 0 unspecified atom stereocenters. The van der Waals surface area contributed by atoms with E-state index in [2.05, 4.69) is 19.2 Å². The number of sulfonamides is 1. The Labute approximate surface area is 177 Å². The minimum Gasteiger partial charge on any atom is -0.355 e.